The molecule has 2 rings (SSSR count). The minimum absolute atomic E-state index is 0.343. The van der Waals surface area contributed by atoms with Gasteiger partial charge in [0.25, 0.3) is 0 Å². The molecule has 3 nitrogen and oxygen atoms in total. The first-order chi connectivity index (χ1) is 16.2. The van der Waals surface area contributed by atoms with Gasteiger partial charge in [-0.1, -0.05) is 115 Å². The molecule has 0 amide bonds. The summed E-state index contributed by atoms with van der Waals surface area (Å²) in [7, 11) is 0. The number of hydrogen-bond acceptors (Lipinski definition) is 1. The van der Waals surface area contributed by atoms with E-state index in [1.54, 1.807) is 12.1 Å². The maximum Gasteiger partial charge on any atom is 0.335 e. The number of unbranched alkanes of at least 4 members (excludes halogenated alkanes) is 15. The summed E-state index contributed by atoms with van der Waals surface area (Å²) in [5.74, 6) is -0.872. The molecule has 1 aromatic heterocycles. The van der Waals surface area contributed by atoms with Crippen molar-refractivity contribution in [1.29, 1.82) is 0 Å². The Morgan fingerprint density at radius 3 is 1.64 bits per heavy atom. The lowest BCUT2D eigenvalue weighted by Crippen LogP contribution is -1.99. The second-order valence-corrected chi connectivity index (χ2v) is 9.75. The van der Waals surface area contributed by atoms with Crippen LogP contribution in [0, 0.1) is 0 Å². The van der Waals surface area contributed by atoms with E-state index in [0.29, 0.717) is 5.56 Å². The van der Waals surface area contributed by atoms with E-state index >= 15 is 0 Å². The lowest BCUT2D eigenvalue weighted by molar-refractivity contribution is 0.0697. The van der Waals surface area contributed by atoms with Crippen molar-refractivity contribution in [2.75, 3.05) is 0 Å². The van der Waals surface area contributed by atoms with E-state index in [1.807, 2.05) is 12.1 Å². The van der Waals surface area contributed by atoms with Crippen molar-refractivity contribution in [1.82, 2.24) is 4.57 Å². The molecule has 0 saturated heterocycles. The van der Waals surface area contributed by atoms with Crippen molar-refractivity contribution >= 4 is 5.97 Å². The zero-order valence-electron chi connectivity index (χ0n) is 21.1. The zero-order valence-corrected chi connectivity index (χ0v) is 21.1. The monoisotopic (exact) mass is 453 g/mol. The Balaban J connectivity index is 1.41. The van der Waals surface area contributed by atoms with Crippen LogP contribution in [-0.4, -0.2) is 15.6 Å². The number of benzene rings is 1. The van der Waals surface area contributed by atoms with Gasteiger partial charge in [0.05, 0.1) is 5.56 Å². The molecule has 0 aliphatic rings. The normalized spacial score (nSPS) is 11.2. The number of rotatable bonds is 20. The summed E-state index contributed by atoms with van der Waals surface area (Å²) in [6.45, 7) is 3.08. The molecule has 33 heavy (non-hydrogen) atoms. The maximum atomic E-state index is 11.0. The predicted octanol–water partition coefficient (Wildman–Crippen LogP) is 9.04. The Hall–Kier alpha value is -2.03. The second-order valence-electron chi connectivity index (χ2n) is 9.75. The highest BCUT2D eigenvalue weighted by Crippen LogP contribution is 2.15. The van der Waals surface area contributed by atoms with Crippen LogP contribution >= 0.6 is 0 Å². The zero-order chi connectivity index (χ0) is 23.6. The van der Waals surface area contributed by atoms with Gasteiger partial charge in [-0.3, -0.25) is 0 Å². The van der Waals surface area contributed by atoms with Crippen LogP contribution in [-0.2, 0) is 13.0 Å². The number of carboxylic acids is 1. The Bertz CT molecular complexity index is 747. The van der Waals surface area contributed by atoms with E-state index in [2.05, 4.69) is 30.0 Å². The highest BCUT2D eigenvalue weighted by atomic mass is 16.4. The van der Waals surface area contributed by atoms with Crippen LogP contribution in [0.5, 0.6) is 0 Å². The summed E-state index contributed by atoms with van der Waals surface area (Å²) in [5, 5.41) is 9.00. The third-order valence-corrected chi connectivity index (χ3v) is 6.70. The van der Waals surface area contributed by atoms with E-state index in [1.165, 1.54) is 108 Å². The minimum atomic E-state index is -0.872. The number of carboxylic acid groups (broad SMARTS) is 1. The molecule has 0 atom stereocenters. The van der Waals surface area contributed by atoms with E-state index in [-0.39, 0.29) is 0 Å². The first kappa shape index (κ1) is 27.2. The van der Waals surface area contributed by atoms with Gasteiger partial charge in [-0.15, -0.1) is 0 Å². The molecule has 2 aromatic rings. The van der Waals surface area contributed by atoms with Gasteiger partial charge < -0.3 is 9.67 Å². The lowest BCUT2D eigenvalue weighted by atomic mass is 10.0. The topological polar surface area (TPSA) is 42.2 Å². The molecule has 1 heterocycles. The summed E-state index contributed by atoms with van der Waals surface area (Å²) in [6, 6.07) is 9.38. The Morgan fingerprint density at radius 2 is 1.15 bits per heavy atom. The molecular weight excluding hydrogens is 406 g/mol. The van der Waals surface area contributed by atoms with Gasteiger partial charge in [0.15, 0.2) is 0 Å². The molecule has 184 valence electrons. The first-order valence-corrected chi connectivity index (χ1v) is 13.7. The molecule has 0 fully saturated rings. The number of aromatic carboxylic acids is 1. The quantitative estimate of drug-likeness (QED) is 0.203. The standard InChI is InChI=1S/C30H47NO2/c1-2-3-4-5-6-7-8-9-10-11-12-13-14-15-16-17-18-27-23-24-31(25-27)26-28-19-21-29(22-20-28)30(32)33/h19-25H,2-18,26H2,1H3,(H,32,33). The smallest absolute Gasteiger partial charge is 0.335 e. The average Bonchev–Trinajstić information content (AvgIpc) is 3.26. The number of aryl methyl sites for hydroxylation is 1. The van der Waals surface area contributed by atoms with Crippen molar-refractivity contribution in [2.24, 2.45) is 0 Å². The van der Waals surface area contributed by atoms with Crippen LogP contribution in [0.15, 0.2) is 42.7 Å². The third-order valence-electron chi connectivity index (χ3n) is 6.70. The van der Waals surface area contributed by atoms with E-state index in [4.69, 9.17) is 5.11 Å². The molecule has 1 aromatic carbocycles. The third kappa shape index (κ3) is 12.7. The maximum absolute atomic E-state index is 11.0. The van der Waals surface area contributed by atoms with Gasteiger partial charge in [0, 0.05) is 18.9 Å². The summed E-state index contributed by atoms with van der Waals surface area (Å²) in [5.41, 5.74) is 2.88. The second kappa shape index (κ2) is 17.4. The first-order valence-electron chi connectivity index (χ1n) is 13.7. The summed E-state index contributed by atoms with van der Waals surface area (Å²) in [4.78, 5) is 11.0. The van der Waals surface area contributed by atoms with Crippen molar-refractivity contribution in [3.63, 3.8) is 0 Å². The highest BCUT2D eigenvalue weighted by Gasteiger charge is 2.03. The van der Waals surface area contributed by atoms with Gasteiger partial charge in [-0.05, 0) is 42.2 Å². The fourth-order valence-corrected chi connectivity index (χ4v) is 4.58. The Labute approximate surface area is 202 Å². The molecule has 3 heteroatoms. The van der Waals surface area contributed by atoms with E-state index in [0.717, 1.165) is 18.5 Å². The fraction of sp³-hybridized carbons (Fsp3) is 0.633. The highest BCUT2D eigenvalue weighted by molar-refractivity contribution is 5.87. The molecule has 0 unspecified atom stereocenters. The fourth-order valence-electron chi connectivity index (χ4n) is 4.58. The van der Waals surface area contributed by atoms with E-state index in [9.17, 15) is 4.79 Å². The van der Waals surface area contributed by atoms with Gasteiger partial charge in [0.1, 0.15) is 0 Å². The lowest BCUT2D eigenvalue weighted by Gasteiger charge is -2.04. The number of carbonyl (C=O) groups is 1. The number of aromatic nitrogens is 1. The predicted molar refractivity (Wildman–Crippen MR) is 140 cm³/mol. The largest absolute Gasteiger partial charge is 0.478 e. The summed E-state index contributed by atoms with van der Waals surface area (Å²) in [6.07, 6.45) is 28.1. The van der Waals surface area contributed by atoms with Crippen LogP contribution in [0.1, 0.15) is 131 Å². The van der Waals surface area contributed by atoms with Gasteiger partial charge in [0.2, 0.25) is 0 Å². The molecule has 0 bridgehead atoms. The number of hydrogen-bond donors (Lipinski definition) is 1. The average molecular weight is 454 g/mol. The molecule has 0 spiro atoms. The number of nitrogens with zero attached hydrogens (tertiary/aromatic N) is 1. The minimum Gasteiger partial charge on any atom is -0.478 e. The van der Waals surface area contributed by atoms with Crippen LogP contribution < -0.4 is 0 Å². The summed E-state index contributed by atoms with van der Waals surface area (Å²) < 4.78 is 2.19. The molecule has 0 saturated carbocycles. The van der Waals surface area contributed by atoms with Crippen LogP contribution in [0.25, 0.3) is 0 Å². The van der Waals surface area contributed by atoms with E-state index < -0.39 is 5.97 Å². The Kier molecular flexibility index (Phi) is 14.4. The van der Waals surface area contributed by atoms with Crippen LogP contribution in [0.2, 0.25) is 0 Å². The van der Waals surface area contributed by atoms with Crippen molar-refractivity contribution in [3.8, 4) is 0 Å². The van der Waals surface area contributed by atoms with Gasteiger partial charge >= 0.3 is 5.97 Å². The SMILES string of the molecule is CCCCCCCCCCCCCCCCCCc1ccn(Cc2ccc(C(=O)O)cc2)c1. The van der Waals surface area contributed by atoms with Crippen molar-refractivity contribution < 1.29 is 9.90 Å². The van der Waals surface area contributed by atoms with Crippen LogP contribution in [0.3, 0.4) is 0 Å². The molecule has 0 aliphatic heterocycles. The van der Waals surface area contributed by atoms with Crippen molar-refractivity contribution in [2.45, 2.75) is 123 Å². The Morgan fingerprint density at radius 1 is 0.667 bits per heavy atom. The van der Waals surface area contributed by atoms with Gasteiger partial charge in [-0.2, -0.15) is 0 Å². The van der Waals surface area contributed by atoms with Crippen LogP contribution in [0.4, 0.5) is 0 Å². The molecule has 0 aliphatic carbocycles. The summed E-state index contributed by atoms with van der Waals surface area (Å²) >= 11 is 0. The van der Waals surface area contributed by atoms with Crippen molar-refractivity contribution in [3.05, 3.63) is 59.4 Å². The molecule has 1 N–H and O–H groups in total. The molecule has 0 radical (unpaired) electrons. The molecular formula is C30H47NO2. The van der Waals surface area contributed by atoms with Gasteiger partial charge in [-0.25, -0.2) is 4.79 Å².